The lowest BCUT2D eigenvalue weighted by Crippen LogP contribution is -2.47. The Morgan fingerprint density at radius 2 is 1.97 bits per heavy atom. The normalized spacial score (nSPS) is 20.2. The van der Waals surface area contributed by atoms with Crippen LogP contribution in [0, 0.1) is 5.41 Å². The van der Waals surface area contributed by atoms with Gasteiger partial charge in [-0.25, -0.2) is 0 Å². The number of morpholine rings is 1. The minimum Gasteiger partial charge on any atom is -0.497 e. The molecule has 0 spiro atoms. The Hall–Kier alpha value is -1.10. The van der Waals surface area contributed by atoms with Gasteiger partial charge in [0.05, 0.1) is 26.4 Å². The van der Waals surface area contributed by atoms with E-state index < -0.39 is 6.10 Å². The quantitative estimate of drug-likeness (QED) is 0.245. The van der Waals surface area contributed by atoms with E-state index in [1.54, 1.807) is 7.11 Å². The number of nitrogens with zero attached hydrogens (tertiary/aromatic N) is 2. The summed E-state index contributed by atoms with van der Waals surface area (Å²) in [5, 5.41) is 17.3. The molecule has 1 heterocycles. The van der Waals surface area contributed by atoms with Crippen molar-refractivity contribution in [2.75, 3.05) is 59.6 Å². The second-order valence-corrected chi connectivity index (χ2v) is 8.82. The lowest BCUT2D eigenvalue weighted by Gasteiger charge is -2.41. The van der Waals surface area contributed by atoms with Crippen LogP contribution in [0.4, 0.5) is 0 Å². The molecule has 1 aromatic carbocycles. The highest BCUT2D eigenvalue weighted by molar-refractivity contribution is 14.0. The van der Waals surface area contributed by atoms with E-state index in [0.717, 1.165) is 63.2 Å². The van der Waals surface area contributed by atoms with E-state index in [1.165, 1.54) is 32.1 Å². The van der Waals surface area contributed by atoms with Crippen LogP contribution in [0.2, 0.25) is 0 Å². The zero-order valence-electron chi connectivity index (χ0n) is 19.6. The Kier molecular flexibility index (Phi) is 12.1. The third kappa shape index (κ3) is 8.35. The number of benzene rings is 1. The zero-order valence-corrected chi connectivity index (χ0v) is 22.0. The summed E-state index contributed by atoms with van der Waals surface area (Å²) < 4.78 is 10.8. The van der Waals surface area contributed by atoms with Crippen molar-refractivity contribution in [3.8, 4) is 5.75 Å². The SMILES string of the molecule is CCNC(=NCC1(CN2CCOCC2)CCCCC1)NCC(O)c1cccc(OC)c1.I. The van der Waals surface area contributed by atoms with E-state index in [9.17, 15) is 5.11 Å². The predicted molar refractivity (Wildman–Crippen MR) is 140 cm³/mol. The van der Waals surface area contributed by atoms with E-state index in [0.29, 0.717) is 6.54 Å². The minimum absolute atomic E-state index is 0. The Labute approximate surface area is 210 Å². The number of methoxy groups -OCH3 is 1. The molecule has 0 amide bonds. The van der Waals surface area contributed by atoms with E-state index in [-0.39, 0.29) is 29.4 Å². The van der Waals surface area contributed by atoms with Gasteiger partial charge in [-0.15, -0.1) is 24.0 Å². The van der Waals surface area contributed by atoms with Gasteiger partial charge < -0.3 is 25.2 Å². The molecule has 2 aliphatic rings. The topological polar surface area (TPSA) is 78.4 Å². The van der Waals surface area contributed by atoms with Gasteiger partial charge >= 0.3 is 0 Å². The second-order valence-electron chi connectivity index (χ2n) is 8.82. The number of guanidine groups is 1. The summed E-state index contributed by atoms with van der Waals surface area (Å²) in [6.07, 6.45) is 5.76. The molecule has 32 heavy (non-hydrogen) atoms. The van der Waals surface area contributed by atoms with Crippen LogP contribution in [0.1, 0.15) is 50.7 Å². The van der Waals surface area contributed by atoms with Crippen molar-refractivity contribution in [3.63, 3.8) is 0 Å². The molecule has 3 rings (SSSR count). The van der Waals surface area contributed by atoms with Gasteiger partial charge in [-0.1, -0.05) is 31.4 Å². The van der Waals surface area contributed by atoms with Crippen molar-refractivity contribution in [1.29, 1.82) is 0 Å². The lowest BCUT2D eigenvalue weighted by molar-refractivity contribution is 0.00937. The van der Waals surface area contributed by atoms with Gasteiger partial charge in [0.1, 0.15) is 5.75 Å². The fourth-order valence-electron chi connectivity index (χ4n) is 4.65. The monoisotopic (exact) mass is 560 g/mol. The summed E-state index contributed by atoms with van der Waals surface area (Å²) in [7, 11) is 1.64. The second kappa shape index (κ2) is 14.2. The van der Waals surface area contributed by atoms with E-state index in [2.05, 4.69) is 22.5 Å². The molecular formula is C24H41IN4O3. The first-order chi connectivity index (χ1) is 15.1. The van der Waals surface area contributed by atoms with Gasteiger partial charge in [0.25, 0.3) is 0 Å². The van der Waals surface area contributed by atoms with E-state index in [4.69, 9.17) is 14.5 Å². The number of nitrogens with one attached hydrogen (secondary N) is 2. The number of rotatable bonds is 9. The van der Waals surface area contributed by atoms with Crippen molar-refractivity contribution < 1.29 is 14.6 Å². The molecule has 1 aliphatic heterocycles. The molecule has 8 heteroatoms. The number of hydrogen-bond acceptors (Lipinski definition) is 5. The molecule has 0 aromatic heterocycles. The van der Waals surface area contributed by atoms with Crippen LogP contribution in [-0.2, 0) is 4.74 Å². The maximum Gasteiger partial charge on any atom is 0.191 e. The number of halogens is 1. The lowest BCUT2D eigenvalue weighted by atomic mass is 9.73. The fourth-order valence-corrected chi connectivity index (χ4v) is 4.65. The molecule has 2 fully saturated rings. The predicted octanol–water partition coefficient (Wildman–Crippen LogP) is 3.18. The summed E-state index contributed by atoms with van der Waals surface area (Å²) in [6, 6.07) is 7.57. The van der Waals surface area contributed by atoms with Crippen molar-refractivity contribution in [3.05, 3.63) is 29.8 Å². The van der Waals surface area contributed by atoms with Gasteiger partial charge in [-0.05, 0) is 37.5 Å². The van der Waals surface area contributed by atoms with Crippen molar-refractivity contribution in [1.82, 2.24) is 15.5 Å². The third-order valence-corrected chi connectivity index (χ3v) is 6.44. The van der Waals surface area contributed by atoms with Crippen LogP contribution in [0.15, 0.2) is 29.3 Å². The van der Waals surface area contributed by atoms with Crippen LogP contribution in [-0.4, -0.2) is 75.6 Å². The van der Waals surface area contributed by atoms with E-state index >= 15 is 0 Å². The average Bonchev–Trinajstić information content (AvgIpc) is 2.82. The molecule has 1 saturated heterocycles. The smallest absolute Gasteiger partial charge is 0.191 e. The molecule has 1 aliphatic carbocycles. The van der Waals surface area contributed by atoms with Crippen molar-refractivity contribution in [2.24, 2.45) is 10.4 Å². The molecule has 1 atom stereocenters. The molecular weight excluding hydrogens is 519 g/mol. The standard InChI is InChI=1S/C24H40N4O3.HI/c1-3-25-23(26-17-22(29)20-8-7-9-21(16-20)30-2)27-18-24(10-5-4-6-11-24)19-28-12-14-31-15-13-28;/h7-9,16,22,29H,3-6,10-15,17-19H2,1-2H3,(H2,25,26,27);1H. The van der Waals surface area contributed by atoms with Crippen LogP contribution < -0.4 is 15.4 Å². The number of aliphatic hydroxyl groups is 1. The van der Waals surface area contributed by atoms with Crippen molar-refractivity contribution in [2.45, 2.75) is 45.1 Å². The van der Waals surface area contributed by atoms with Crippen LogP contribution in [0.3, 0.4) is 0 Å². The highest BCUT2D eigenvalue weighted by Gasteiger charge is 2.34. The molecule has 182 valence electrons. The fraction of sp³-hybridized carbons (Fsp3) is 0.708. The largest absolute Gasteiger partial charge is 0.497 e. The molecule has 7 nitrogen and oxygen atoms in total. The molecule has 1 aromatic rings. The molecule has 1 unspecified atom stereocenters. The zero-order chi connectivity index (χ0) is 21.9. The summed E-state index contributed by atoms with van der Waals surface area (Å²) in [5.74, 6) is 1.52. The Morgan fingerprint density at radius 1 is 1.22 bits per heavy atom. The Morgan fingerprint density at radius 3 is 2.66 bits per heavy atom. The third-order valence-electron chi connectivity index (χ3n) is 6.44. The summed E-state index contributed by atoms with van der Waals surface area (Å²) in [4.78, 5) is 7.53. The highest BCUT2D eigenvalue weighted by Crippen LogP contribution is 2.37. The van der Waals surface area contributed by atoms with Crippen molar-refractivity contribution >= 4 is 29.9 Å². The number of ether oxygens (including phenoxy) is 2. The summed E-state index contributed by atoms with van der Waals surface area (Å²) in [5.41, 5.74) is 1.07. The van der Waals surface area contributed by atoms with Gasteiger partial charge in [-0.3, -0.25) is 9.89 Å². The first kappa shape index (κ1) is 27.1. The minimum atomic E-state index is -0.629. The van der Waals surface area contributed by atoms with Crippen LogP contribution in [0.5, 0.6) is 5.75 Å². The van der Waals surface area contributed by atoms with Gasteiger partial charge in [0, 0.05) is 44.7 Å². The van der Waals surface area contributed by atoms with Crippen LogP contribution in [0.25, 0.3) is 0 Å². The van der Waals surface area contributed by atoms with E-state index in [1.807, 2.05) is 24.3 Å². The summed E-state index contributed by atoms with van der Waals surface area (Å²) >= 11 is 0. The summed E-state index contributed by atoms with van der Waals surface area (Å²) in [6.45, 7) is 8.90. The number of aliphatic imine (C=N–C) groups is 1. The Balaban J connectivity index is 0.00000363. The molecule has 0 radical (unpaired) electrons. The van der Waals surface area contributed by atoms with Gasteiger partial charge in [0.2, 0.25) is 0 Å². The highest BCUT2D eigenvalue weighted by atomic mass is 127. The number of hydrogen-bond donors (Lipinski definition) is 3. The maximum atomic E-state index is 10.6. The van der Waals surface area contributed by atoms with Gasteiger partial charge in [-0.2, -0.15) is 0 Å². The first-order valence-corrected chi connectivity index (χ1v) is 11.8. The maximum absolute atomic E-state index is 10.6. The molecule has 3 N–H and O–H groups in total. The average molecular weight is 561 g/mol. The van der Waals surface area contributed by atoms with Gasteiger partial charge in [0.15, 0.2) is 5.96 Å². The van der Waals surface area contributed by atoms with Crippen LogP contribution >= 0.6 is 24.0 Å². The molecule has 1 saturated carbocycles. The first-order valence-electron chi connectivity index (χ1n) is 11.8. The number of aliphatic hydroxyl groups excluding tert-OH is 1. The Bertz CT molecular complexity index is 692. The molecule has 0 bridgehead atoms.